The zero-order valence-corrected chi connectivity index (χ0v) is 16.2. The molecule has 0 aromatic heterocycles. The minimum atomic E-state index is -0.765. The van der Waals surface area contributed by atoms with Gasteiger partial charge in [-0.1, -0.05) is 48.2 Å². The number of esters is 1. The number of carbonyl (C=O) groups excluding carboxylic acids is 2. The van der Waals surface area contributed by atoms with E-state index in [2.05, 4.69) is 17.6 Å². The van der Waals surface area contributed by atoms with Gasteiger partial charge in [0.15, 0.2) is 0 Å². The average molecular weight is 404 g/mol. The minimum Gasteiger partial charge on any atom is -0.461 e. The lowest BCUT2D eigenvalue weighted by molar-refractivity contribution is -0.145. The van der Waals surface area contributed by atoms with Crippen molar-refractivity contribution in [2.45, 2.75) is 12.8 Å². The Hall–Kier alpha value is -2.56. The lowest BCUT2D eigenvalue weighted by Crippen LogP contribution is -2.34. The minimum absolute atomic E-state index is 0.0177. The van der Waals surface area contributed by atoms with Gasteiger partial charge in [0.25, 0.3) is 0 Å². The number of nitrogens with two attached hydrogens (primary N) is 1. The Labute approximate surface area is 166 Å². The van der Waals surface area contributed by atoms with Crippen LogP contribution in [-0.4, -0.2) is 29.9 Å². The second-order valence-corrected chi connectivity index (χ2v) is 7.16. The van der Waals surface area contributed by atoms with Crippen molar-refractivity contribution in [3.63, 3.8) is 0 Å². The third-order valence-corrected chi connectivity index (χ3v) is 5.17. The molecule has 0 fully saturated rings. The number of rotatable bonds is 7. The molecule has 140 valence electrons. The summed E-state index contributed by atoms with van der Waals surface area (Å²) in [7, 11) is 0. The van der Waals surface area contributed by atoms with E-state index < -0.39 is 23.7 Å². The first-order valence-electron chi connectivity index (χ1n) is 8.02. The quantitative estimate of drug-likeness (QED) is 0.555. The number of thioether (sulfide) groups is 1. The van der Waals surface area contributed by atoms with Gasteiger partial charge in [0.1, 0.15) is 17.6 Å². The van der Waals surface area contributed by atoms with E-state index in [-0.39, 0.29) is 17.9 Å². The van der Waals surface area contributed by atoms with Crippen LogP contribution in [0.2, 0.25) is 5.02 Å². The highest BCUT2D eigenvalue weighted by atomic mass is 35.5. The van der Waals surface area contributed by atoms with Crippen LogP contribution in [-0.2, 0) is 14.3 Å². The van der Waals surface area contributed by atoms with E-state index in [0.717, 1.165) is 17.3 Å². The molecule has 0 aliphatic carbocycles. The summed E-state index contributed by atoms with van der Waals surface area (Å²) in [5, 5.41) is 10.7. The highest BCUT2D eigenvalue weighted by molar-refractivity contribution is 8.03. The first-order chi connectivity index (χ1) is 12.9. The van der Waals surface area contributed by atoms with Crippen molar-refractivity contribution < 1.29 is 14.3 Å². The van der Waals surface area contributed by atoms with Crippen molar-refractivity contribution in [1.82, 2.24) is 0 Å². The number of aliphatic imine (C=N–C) groups is 1. The summed E-state index contributed by atoms with van der Waals surface area (Å²) in [5.74, 6) is -2.40. The summed E-state index contributed by atoms with van der Waals surface area (Å²) < 4.78 is 5.23. The van der Waals surface area contributed by atoms with E-state index in [0.29, 0.717) is 15.8 Å². The van der Waals surface area contributed by atoms with Crippen LogP contribution in [0.25, 0.3) is 0 Å². The smallest absolute Gasteiger partial charge is 0.315 e. The molecule has 0 saturated carbocycles. The third kappa shape index (κ3) is 5.00. The van der Waals surface area contributed by atoms with Gasteiger partial charge in [-0.2, -0.15) is 5.26 Å². The Bertz CT molecular complexity index is 856. The summed E-state index contributed by atoms with van der Waals surface area (Å²) in [6.45, 7) is 5.29. The van der Waals surface area contributed by atoms with Gasteiger partial charge in [0, 0.05) is 16.7 Å². The summed E-state index contributed by atoms with van der Waals surface area (Å²) in [6, 6.07) is 9.03. The van der Waals surface area contributed by atoms with Crippen LogP contribution in [0, 0.1) is 17.2 Å². The second kappa shape index (κ2) is 9.40. The van der Waals surface area contributed by atoms with Crippen LogP contribution < -0.4 is 5.73 Å². The normalized spacial score (nSPS) is 19.1. The fraction of sp³-hybridized carbons (Fsp3) is 0.263. The summed E-state index contributed by atoms with van der Waals surface area (Å²) in [6.07, 6.45) is 1.47. The SMILES string of the molecule is C=CCOC(=O)C1C(C)=NC(SCC(N)=O)=C(C#N)[C@@H]1c1ccc(Cl)cc1. The number of hydrogen-bond acceptors (Lipinski definition) is 6. The molecule has 1 aliphatic rings. The van der Waals surface area contributed by atoms with Gasteiger partial charge in [-0.05, 0) is 24.6 Å². The molecule has 0 bridgehead atoms. The van der Waals surface area contributed by atoms with Gasteiger partial charge in [-0.3, -0.25) is 9.59 Å². The monoisotopic (exact) mass is 403 g/mol. The molecule has 27 heavy (non-hydrogen) atoms. The fourth-order valence-electron chi connectivity index (χ4n) is 2.76. The fourth-order valence-corrected chi connectivity index (χ4v) is 3.71. The maximum Gasteiger partial charge on any atom is 0.315 e. The van der Waals surface area contributed by atoms with Gasteiger partial charge in [0.2, 0.25) is 5.91 Å². The number of carbonyl (C=O) groups is 2. The highest BCUT2D eigenvalue weighted by Crippen LogP contribution is 2.42. The predicted octanol–water partition coefficient (Wildman–Crippen LogP) is 3.20. The standard InChI is InChI=1S/C19H18ClN3O3S/c1-3-8-26-19(25)16-11(2)23-18(27-10-15(22)24)14(9-21)17(16)12-4-6-13(20)7-5-12/h3-7,16-17H,1,8,10H2,2H3,(H2,22,24)/t16?,17-/m0/s1. The zero-order chi connectivity index (χ0) is 20.0. The van der Waals surface area contributed by atoms with E-state index in [1.165, 1.54) is 6.08 Å². The number of benzene rings is 1. The number of amides is 1. The maximum absolute atomic E-state index is 12.7. The van der Waals surface area contributed by atoms with Crippen molar-refractivity contribution in [3.05, 3.63) is 58.1 Å². The topological polar surface area (TPSA) is 106 Å². The van der Waals surface area contributed by atoms with Crippen LogP contribution >= 0.6 is 23.4 Å². The Morgan fingerprint density at radius 3 is 2.67 bits per heavy atom. The Morgan fingerprint density at radius 1 is 1.44 bits per heavy atom. The van der Waals surface area contributed by atoms with Crippen molar-refractivity contribution >= 4 is 41.0 Å². The number of hydrogen-bond donors (Lipinski definition) is 1. The molecular formula is C19H18ClN3O3S. The van der Waals surface area contributed by atoms with Crippen LogP contribution in [0.4, 0.5) is 0 Å². The molecule has 1 unspecified atom stereocenters. The summed E-state index contributed by atoms with van der Waals surface area (Å²) >= 11 is 7.05. The van der Waals surface area contributed by atoms with Crippen molar-refractivity contribution in [3.8, 4) is 6.07 Å². The molecule has 2 atom stereocenters. The first kappa shape index (κ1) is 20.7. The molecule has 1 aliphatic heterocycles. The van der Waals surface area contributed by atoms with Gasteiger partial charge >= 0.3 is 5.97 Å². The Balaban J connectivity index is 2.54. The second-order valence-electron chi connectivity index (χ2n) is 5.76. The van der Waals surface area contributed by atoms with Crippen molar-refractivity contribution in [2.75, 3.05) is 12.4 Å². The predicted molar refractivity (Wildman–Crippen MR) is 106 cm³/mol. The third-order valence-electron chi connectivity index (χ3n) is 3.90. The van der Waals surface area contributed by atoms with Gasteiger partial charge < -0.3 is 10.5 Å². The number of nitrogens with zero attached hydrogens (tertiary/aromatic N) is 2. The van der Waals surface area contributed by atoms with Crippen molar-refractivity contribution in [2.24, 2.45) is 16.6 Å². The lowest BCUT2D eigenvalue weighted by atomic mass is 9.77. The molecule has 0 spiro atoms. The molecular weight excluding hydrogens is 386 g/mol. The molecule has 1 heterocycles. The number of halogens is 1. The van der Waals surface area contributed by atoms with Gasteiger partial charge in [0.05, 0.1) is 17.4 Å². The Morgan fingerprint density at radius 2 is 2.11 bits per heavy atom. The number of allylic oxidation sites excluding steroid dienone is 1. The van der Waals surface area contributed by atoms with E-state index >= 15 is 0 Å². The van der Waals surface area contributed by atoms with E-state index in [1.807, 2.05) is 0 Å². The maximum atomic E-state index is 12.7. The summed E-state index contributed by atoms with van der Waals surface area (Å²) in [4.78, 5) is 28.2. The van der Waals surface area contributed by atoms with Crippen LogP contribution in [0.3, 0.4) is 0 Å². The van der Waals surface area contributed by atoms with E-state index in [9.17, 15) is 14.9 Å². The first-order valence-corrected chi connectivity index (χ1v) is 9.39. The molecule has 1 aromatic rings. The molecule has 8 heteroatoms. The molecule has 1 amide bonds. The molecule has 2 rings (SSSR count). The van der Waals surface area contributed by atoms with Gasteiger partial charge in [-0.15, -0.1) is 0 Å². The van der Waals surface area contributed by atoms with Crippen LogP contribution in [0.1, 0.15) is 18.4 Å². The Kier molecular flexibility index (Phi) is 7.22. The van der Waals surface area contributed by atoms with E-state index in [4.69, 9.17) is 22.1 Å². The zero-order valence-electron chi connectivity index (χ0n) is 14.6. The van der Waals surface area contributed by atoms with Gasteiger partial charge in [-0.25, -0.2) is 4.99 Å². The van der Waals surface area contributed by atoms with Crippen LogP contribution in [0.5, 0.6) is 0 Å². The van der Waals surface area contributed by atoms with E-state index in [1.54, 1.807) is 31.2 Å². The summed E-state index contributed by atoms with van der Waals surface area (Å²) in [5.41, 5.74) is 6.72. The molecule has 2 N–H and O–H groups in total. The number of nitriles is 1. The number of primary amides is 1. The lowest BCUT2D eigenvalue weighted by Gasteiger charge is -2.30. The van der Waals surface area contributed by atoms with Crippen LogP contribution in [0.15, 0.2) is 52.5 Å². The van der Waals surface area contributed by atoms with Crippen molar-refractivity contribution in [1.29, 1.82) is 5.26 Å². The highest BCUT2D eigenvalue weighted by Gasteiger charge is 2.40. The average Bonchev–Trinajstić information content (AvgIpc) is 2.64. The molecule has 0 saturated heterocycles. The molecule has 1 aromatic carbocycles. The molecule has 6 nitrogen and oxygen atoms in total. The molecule has 0 radical (unpaired) electrons. The largest absolute Gasteiger partial charge is 0.461 e. The number of ether oxygens (including phenoxy) is 1.